The average Bonchev–Trinajstić information content (AvgIpc) is 3.03. The highest BCUT2D eigenvalue weighted by Gasteiger charge is 2.79. The number of aryl methyl sites for hydroxylation is 2. The van der Waals surface area contributed by atoms with E-state index in [1.165, 1.54) is 32.5 Å². The van der Waals surface area contributed by atoms with Gasteiger partial charge in [-0.1, -0.05) is 44.9 Å². The molecule has 0 spiro atoms. The minimum atomic E-state index is -6.43. The lowest BCUT2D eigenvalue weighted by atomic mass is 9.94. The quantitative estimate of drug-likeness (QED) is 0.0503. The predicted molar refractivity (Wildman–Crippen MR) is 175 cm³/mol. The molecule has 1 aromatic heterocycles. The second-order valence-electron chi connectivity index (χ2n) is 12.1. The number of rotatable bonds is 20. The molecule has 274 valence electrons. The molecule has 14 heteroatoms. The molecule has 0 atom stereocenters. The fraction of sp³-hybridized carbons (Fsp3) is 0.571. The largest absolute Gasteiger partial charge is 0.493 e. The Labute approximate surface area is 282 Å². The molecule has 1 heterocycles. The number of fused-ring (bicyclic) bond motifs is 1. The Morgan fingerprint density at radius 2 is 1.39 bits per heavy atom. The summed E-state index contributed by atoms with van der Waals surface area (Å²) >= 11 is 0. The summed E-state index contributed by atoms with van der Waals surface area (Å²) in [5.74, 6) is -24.1. The Morgan fingerprint density at radius 3 is 1.98 bits per heavy atom. The molecule has 0 radical (unpaired) electrons. The molecule has 2 aromatic carbocycles. The van der Waals surface area contributed by atoms with Gasteiger partial charge in [-0.2, -0.15) is 35.1 Å². The number of hydrogen-bond acceptors (Lipinski definition) is 5. The second kappa shape index (κ2) is 16.4. The Bertz CT molecular complexity index is 1590. The molecule has 3 aromatic rings. The lowest BCUT2D eigenvalue weighted by Crippen LogP contribution is -2.62. The molecule has 0 unspecified atom stereocenters. The van der Waals surface area contributed by atoms with Gasteiger partial charge in [-0.05, 0) is 80.6 Å². The normalized spacial score (nSPS) is 13.3. The highest BCUT2D eigenvalue weighted by atomic mass is 28.4. The van der Waals surface area contributed by atoms with E-state index in [1.807, 2.05) is 19.1 Å². The first-order chi connectivity index (χ1) is 22.9. The number of hydrogen-bond donors (Lipinski definition) is 0. The number of benzene rings is 2. The van der Waals surface area contributed by atoms with Crippen LogP contribution in [0.25, 0.3) is 22.1 Å². The summed E-state index contributed by atoms with van der Waals surface area (Å²) in [5, 5.41) is 0.447. The van der Waals surface area contributed by atoms with Gasteiger partial charge in [-0.3, -0.25) is 0 Å². The Hall–Kier alpha value is -2.97. The van der Waals surface area contributed by atoms with E-state index in [0.29, 0.717) is 22.9 Å². The fourth-order valence-electron chi connectivity index (χ4n) is 5.56. The topological polar surface area (TPSA) is 57.9 Å². The maximum atomic E-state index is 14.6. The zero-order valence-corrected chi connectivity index (χ0v) is 29.4. The lowest BCUT2D eigenvalue weighted by Gasteiger charge is -2.37. The summed E-state index contributed by atoms with van der Waals surface area (Å²) in [5.41, 5.74) is 2.43. The molecular formula is C35H44F8O5Si. The maximum Gasteiger partial charge on any atom is 0.378 e. The number of unbranched alkanes of at least 4 members (excludes halogenated alkanes) is 2. The van der Waals surface area contributed by atoms with Crippen LogP contribution in [0.4, 0.5) is 35.1 Å². The van der Waals surface area contributed by atoms with Gasteiger partial charge in [0.25, 0.3) is 0 Å². The number of alkyl halides is 8. The average molecular weight is 725 g/mol. The van der Waals surface area contributed by atoms with Gasteiger partial charge in [0.15, 0.2) is 0 Å². The molecule has 0 saturated heterocycles. The smallest absolute Gasteiger partial charge is 0.378 e. The van der Waals surface area contributed by atoms with E-state index < -0.39 is 63.4 Å². The molecule has 0 amide bonds. The highest BCUT2D eigenvalue weighted by Crippen LogP contribution is 2.55. The van der Waals surface area contributed by atoms with Crippen LogP contribution >= 0.6 is 0 Å². The minimum absolute atomic E-state index is 0.00148. The summed E-state index contributed by atoms with van der Waals surface area (Å²) in [6.07, 6.45) is 0.981. The predicted octanol–water partition coefficient (Wildman–Crippen LogP) is 10.6. The van der Waals surface area contributed by atoms with Gasteiger partial charge in [-0.15, -0.1) is 0 Å². The van der Waals surface area contributed by atoms with Crippen molar-refractivity contribution in [1.82, 2.24) is 0 Å². The van der Waals surface area contributed by atoms with Gasteiger partial charge in [0.05, 0.1) is 18.6 Å². The molecule has 0 aliphatic rings. The van der Waals surface area contributed by atoms with Gasteiger partial charge < -0.3 is 18.0 Å². The molecular weight excluding hydrogens is 680 g/mol. The van der Waals surface area contributed by atoms with Crippen LogP contribution in [0, 0.1) is 0 Å². The second-order valence-corrected chi connectivity index (χ2v) is 15.5. The van der Waals surface area contributed by atoms with Crippen LogP contribution in [-0.2, 0) is 21.7 Å². The summed E-state index contributed by atoms with van der Waals surface area (Å²) < 4.78 is 138. The van der Waals surface area contributed by atoms with E-state index in [2.05, 4.69) is 13.0 Å². The van der Waals surface area contributed by atoms with Gasteiger partial charge in [0.1, 0.15) is 11.3 Å². The molecule has 5 nitrogen and oxygen atoms in total. The molecule has 0 fully saturated rings. The van der Waals surface area contributed by atoms with Crippen LogP contribution in [0.15, 0.2) is 51.7 Å². The van der Waals surface area contributed by atoms with Crippen molar-refractivity contribution >= 4 is 19.5 Å². The third kappa shape index (κ3) is 9.23. The van der Waals surface area contributed by atoms with Crippen molar-refractivity contribution in [1.29, 1.82) is 0 Å². The van der Waals surface area contributed by atoms with Crippen LogP contribution in [0.3, 0.4) is 0 Å². The summed E-state index contributed by atoms with van der Waals surface area (Å²) in [7, 11) is -3.45. The van der Waals surface area contributed by atoms with E-state index >= 15 is 0 Å². The molecule has 0 aliphatic heterocycles. The minimum Gasteiger partial charge on any atom is -0.493 e. The summed E-state index contributed by atoms with van der Waals surface area (Å²) in [4.78, 5) is 13.0. The molecule has 0 N–H and O–H groups in total. The van der Waals surface area contributed by atoms with Crippen LogP contribution in [0.1, 0.15) is 70.9 Å². The maximum absolute atomic E-state index is 14.6. The van der Waals surface area contributed by atoms with Gasteiger partial charge >= 0.3 is 37.9 Å². The first-order valence-electron chi connectivity index (χ1n) is 16.5. The van der Waals surface area contributed by atoms with Crippen molar-refractivity contribution in [3.8, 4) is 16.9 Å². The Balaban J connectivity index is 1.73. The van der Waals surface area contributed by atoms with Crippen LogP contribution in [0.5, 0.6) is 5.75 Å². The number of halogens is 8. The number of ether oxygens (including phenoxy) is 1. The first kappa shape index (κ1) is 40.5. The van der Waals surface area contributed by atoms with Crippen molar-refractivity contribution in [3.05, 3.63) is 64.0 Å². The van der Waals surface area contributed by atoms with Gasteiger partial charge in [0.2, 0.25) is 0 Å². The molecule has 49 heavy (non-hydrogen) atoms. The SMILES string of the molecule is CCCCCc1ccc(-c2cc3ccc(OCCC(F)(F)C(F)(F)C(F)(F)C(F)(F)CC[Si](C)(OCC)OCC)cc3oc2=O)c(CC)c1. The first-order valence-corrected chi connectivity index (χ1v) is 19.0. The third-order valence-electron chi connectivity index (χ3n) is 8.41. The van der Waals surface area contributed by atoms with E-state index in [4.69, 9.17) is 18.0 Å². The van der Waals surface area contributed by atoms with Crippen LogP contribution in [-0.4, -0.2) is 52.1 Å². The standard InChI is InChI=1S/C35H44F8O5Si/c1-6-10-11-12-24-13-16-28(25(7-2)21-24)29-22-26-14-15-27(23-30(26)48-31(29)44)45-19-17-32(36,37)34(40,41)35(42,43)33(38,39)18-20-49(5,46-8-3)47-9-4/h13-16,21-23H,6-12,17-20H2,1-5H3. The third-order valence-corrected chi connectivity index (χ3v) is 11.4. The Morgan fingerprint density at radius 1 is 0.755 bits per heavy atom. The molecule has 0 saturated carbocycles. The zero-order chi connectivity index (χ0) is 36.7. The van der Waals surface area contributed by atoms with Crippen LogP contribution < -0.4 is 10.4 Å². The van der Waals surface area contributed by atoms with Gasteiger partial charge in [-0.25, -0.2) is 4.79 Å². The Kier molecular flexibility index (Phi) is 13.5. The molecule has 3 rings (SSSR count). The van der Waals surface area contributed by atoms with E-state index in [-0.39, 0.29) is 24.5 Å². The fourth-order valence-corrected chi connectivity index (χ4v) is 7.92. The van der Waals surface area contributed by atoms with Crippen molar-refractivity contribution in [2.45, 2.75) is 109 Å². The van der Waals surface area contributed by atoms with Crippen LogP contribution in [0.2, 0.25) is 12.6 Å². The molecule has 0 aliphatic carbocycles. The van der Waals surface area contributed by atoms with Crippen molar-refractivity contribution in [3.63, 3.8) is 0 Å². The summed E-state index contributed by atoms with van der Waals surface area (Å²) in [6.45, 7) is 7.17. The van der Waals surface area contributed by atoms with Crippen molar-refractivity contribution < 1.29 is 53.1 Å². The highest BCUT2D eigenvalue weighted by molar-refractivity contribution is 6.66. The van der Waals surface area contributed by atoms with Gasteiger partial charge in [0, 0.05) is 31.1 Å². The monoisotopic (exact) mass is 724 g/mol. The lowest BCUT2D eigenvalue weighted by molar-refractivity contribution is -0.367. The van der Waals surface area contributed by atoms with Crippen molar-refractivity contribution in [2.24, 2.45) is 0 Å². The molecule has 0 bridgehead atoms. The van der Waals surface area contributed by atoms with E-state index in [0.717, 1.165) is 42.9 Å². The summed E-state index contributed by atoms with van der Waals surface area (Å²) in [6, 6.07) is 10.6. The van der Waals surface area contributed by atoms with E-state index in [9.17, 15) is 39.9 Å². The zero-order valence-electron chi connectivity index (χ0n) is 28.4. The van der Waals surface area contributed by atoms with E-state index in [1.54, 1.807) is 6.07 Å². The van der Waals surface area contributed by atoms with Crippen molar-refractivity contribution in [2.75, 3.05) is 19.8 Å².